The van der Waals surface area contributed by atoms with Crippen LogP contribution in [0.3, 0.4) is 0 Å². The van der Waals surface area contributed by atoms with Crippen molar-refractivity contribution in [1.29, 1.82) is 0 Å². The Balaban J connectivity index is 0.00000576. The van der Waals surface area contributed by atoms with E-state index in [0.29, 0.717) is 19.5 Å². The topological polar surface area (TPSA) is 32.8 Å². The van der Waals surface area contributed by atoms with Gasteiger partial charge in [-0.3, -0.25) is 9.69 Å². The van der Waals surface area contributed by atoms with Crippen molar-refractivity contribution in [1.82, 2.24) is 9.80 Å². The summed E-state index contributed by atoms with van der Waals surface area (Å²) in [5, 5.41) is 0. The first kappa shape index (κ1) is 23.5. The normalized spacial score (nSPS) is 11.4. The average molecular weight is 383 g/mol. The summed E-state index contributed by atoms with van der Waals surface area (Å²) in [4.78, 5) is 15.4. The first-order valence-electron chi connectivity index (χ1n) is 7.81. The lowest BCUT2D eigenvalue weighted by Gasteiger charge is -2.27. The molecule has 1 aromatic carbocycles. The van der Waals surface area contributed by atoms with Gasteiger partial charge in [-0.1, -0.05) is 12.1 Å². The molecule has 0 spiro atoms. The van der Waals surface area contributed by atoms with Gasteiger partial charge in [-0.25, -0.2) is 0 Å². The van der Waals surface area contributed by atoms with E-state index in [-0.39, 0.29) is 30.1 Å². The van der Waals surface area contributed by atoms with Crippen molar-refractivity contribution in [3.05, 3.63) is 29.8 Å². The number of amides is 1. The molecule has 1 amide bonds. The number of halogens is 4. The van der Waals surface area contributed by atoms with Crippen LogP contribution in [-0.2, 0) is 11.2 Å². The Bertz CT molecular complexity index is 537. The molecule has 0 N–H and O–H groups in total. The number of likely N-dealkylation sites (N-methyl/N-ethyl adjacent to an activating group) is 1. The molecule has 0 radical (unpaired) electrons. The Kier molecular flexibility index (Phi) is 9.89. The van der Waals surface area contributed by atoms with E-state index >= 15 is 0 Å². The maximum atomic E-state index is 12.2. The maximum absolute atomic E-state index is 12.2. The third kappa shape index (κ3) is 9.55. The summed E-state index contributed by atoms with van der Waals surface area (Å²) in [6.45, 7) is 3.67. The predicted molar refractivity (Wildman–Crippen MR) is 94.3 cm³/mol. The lowest BCUT2D eigenvalue weighted by Crippen LogP contribution is -2.41. The molecule has 0 saturated heterocycles. The number of carbonyl (C=O) groups excluding carboxylic acids is 1. The van der Waals surface area contributed by atoms with Gasteiger partial charge in [-0.05, 0) is 38.0 Å². The van der Waals surface area contributed by atoms with Crippen molar-refractivity contribution in [3.63, 3.8) is 0 Å². The molecule has 0 saturated carbocycles. The van der Waals surface area contributed by atoms with Gasteiger partial charge in [0, 0.05) is 26.7 Å². The molecule has 25 heavy (non-hydrogen) atoms. The number of alkyl halides is 3. The molecule has 0 unspecified atom stereocenters. The summed E-state index contributed by atoms with van der Waals surface area (Å²) >= 11 is 0. The van der Waals surface area contributed by atoms with E-state index in [1.54, 1.807) is 31.1 Å². The van der Waals surface area contributed by atoms with Crippen molar-refractivity contribution in [2.24, 2.45) is 0 Å². The molecule has 0 atom stereocenters. The van der Waals surface area contributed by atoms with Crippen molar-refractivity contribution in [2.45, 2.75) is 32.5 Å². The van der Waals surface area contributed by atoms with Crippen LogP contribution >= 0.6 is 12.4 Å². The Hall–Kier alpha value is -1.47. The average Bonchev–Trinajstić information content (AvgIpc) is 2.48. The second-order valence-corrected chi connectivity index (χ2v) is 6.15. The second kappa shape index (κ2) is 10.5. The zero-order chi connectivity index (χ0) is 18.3. The van der Waals surface area contributed by atoms with Gasteiger partial charge in [0.2, 0.25) is 5.91 Å². The van der Waals surface area contributed by atoms with Crippen molar-refractivity contribution < 1.29 is 22.7 Å². The summed E-state index contributed by atoms with van der Waals surface area (Å²) in [6.07, 6.45) is -3.72. The Labute approximate surface area is 153 Å². The van der Waals surface area contributed by atoms with Crippen LogP contribution in [0.1, 0.15) is 19.4 Å². The number of nitrogens with zero attached hydrogens (tertiary/aromatic N) is 2. The van der Waals surface area contributed by atoms with E-state index in [9.17, 15) is 18.0 Å². The molecule has 0 aliphatic carbocycles. The molecule has 144 valence electrons. The maximum Gasteiger partial charge on any atom is 0.422 e. The van der Waals surface area contributed by atoms with Gasteiger partial charge in [0.05, 0.1) is 6.54 Å². The number of hydrogen-bond donors (Lipinski definition) is 0. The van der Waals surface area contributed by atoms with E-state index in [2.05, 4.69) is 0 Å². The quantitative estimate of drug-likeness (QED) is 0.691. The van der Waals surface area contributed by atoms with Crippen molar-refractivity contribution in [2.75, 3.05) is 33.8 Å². The number of carbonyl (C=O) groups is 1. The van der Waals surface area contributed by atoms with Gasteiger partial charge >= 0.3 is 6.18 Å². The molecule has 4 nitrogen and oxygen atoms in total. The van der Waals surface area contributed by atoms with Gasteiger partial charge in [0.15, 0.2) is 6.61 Å². The molecular formula is C17H26ClF3N2O2. The van der Waals surface area contributed by atoms with Crippen LogP contribution in [0.15, 0.2) is 24.3 Å². The van der Waals surface area contributed by atoms with E-state index < -0.39 is 12.8 Å². The van der Waals surface area contributed by atoms with Gasteiger partial charge < -0.3 is 9.64 Å². The minimum atomic E-state index is -4.35. The largest absolute Gasteiger partial charge is 0.484 e. The van der Waals surface area contributed by atoms with E-state index in [1.165, 1.54) is 6.07 Å². The fourth-order valence-corrected chi connectivity index (χ4v) is 2.06. The Morgan fingerprint density at radius 1 is 1.24 bits per heavy atom. The zero-order valence-electron chi connectivity index (χ0n) is 15.0. The molecular weight excluding hydrogens is 357 g/mol. The fraction of sp³-hybridized carbons (Fsp3) is 0.588. The molecule has 1 rings (SSSR count). The van der Waals surface area contributed by atoms with Gasteiger partial charge in [-0.15, -0.1) is 12.4 Å². The van der Waals surface area contributed by atoms with Crippen LogP contribution in [0.5, 0.6) is 5.75 Å². The van der Waals surface area contributed by atoms with Crippen LogP contribution in [0, 0.1) is 0 Å². The third-order valence-electron chi connectivity index (χ3n) is 3.56. The summed E-state index contributed by atoms with van der Waals surface area (Å²) in [6, 6.07) is 6.82. The standard InChI is InChI=1S/C17H25F3N2O2.ClH/c1-13(2)22(11-16(23)21(3)4)9-8-14-6-5-7-15(10-14)24-12-17(18,19)20;/h5-7,10,13H,8-9,11-12H2,1-4H3;1H. The minimum Gasteiger partial charge on any atom is -0.484 e. The second-order valence-electron chi connectivity index (χ2n) is 6.15. The summed E-state index contributed by atoms with van der Waals surface area (Å²) in [5.41, 5.74) is 0.873. The van der Waals surface area contributed by atoms with E-state index in [0.717, 1.165) is 5.56 Å². The predicted octanol–water partition coefficient (Wildman–Crippen LogP) is 3.39. The first-order valence-corrected chi connectivity index (χ1v) is 7.81. The number of hydrogen-bond acceptors (Lipinski definition) is 3. The van der Waals surface area contributed by atoms with Gasteiger partial charge in [0.25, 0.3) is 0 Å². The van der Waals surface area contributed by atoms with E-state index in [1.807, 2.05) is 24.8 Å². The molecule has 0 heterocycles. The van der Waals surface area contributed by atoms with Crippen LogP contribution in [-0.4, -0.2) is 61.7 Å². The lowest BCUT2D eigenvalue weighted by molar-refractivity contribution is -0.153. The highest BCUT2D eigenvalue weighted by Crippen LogP contribution is 2.19. The highest BCUT2D eigenvalue weighted by molar-refractivity contribution is 5.85. The Morgan fingerprint density at radius 2 is 1.88 bits per heavy atom. The summed E-state index contributed by atoms with van der Waals surface area (Å²) < 4.78 is 41.4. The molecule has 0 fully saturated rings. The monoisotopic (exact) mass is 382 g/mol. The van der Waals surface area contributed by atoms with Crippen LogP contribution in [0.25, 0.3) is 0 Å². The molecule has 8 heteroatoms. The van der Waals surface area contributed by atoms with E-state index in [4.69, 9.17) is 4.74 Å². The molecule has 0 bridgehead atoms. The fourth-order valence-electron chi connectivity index (χ4n) is 2.06. The number of rotatable bonds is 8. The summed E-state index contributed by atoms with van der Waals surface area (Å²) in [5.74, 6) is 0.219. The van der Waals surface area contributed by atoms with Gasteiger partial charge in [0.1, 0.15) is 5.75 Å². The van der Waals surface area contributed by atoms with Crippen molar-refractivity contribution >= 4 is 18.3 Å². The molecule has 0 aromatic heterocycles. The van der Waals surface area contributed by atoms with Crippen LogP contribution in [0.2, 0.25) is 0 Å². The third-order valence-corrected chi connectivity index (χ3v) is 3.56. The lowest BCUT2D eigenvalue weighted by atomic mass is 10.1. The number of ether oxygens (including phenoxy) is 1. The highest BCUT2D eigenvalue weighted by atomic mass is 35.5. The number of benzene rings is 1. The highest BCUT2D eigenvalue weighted by Gasteiger charge is 2.28. The molecule has 0 aliphatic rings. The SMILES string of the molecule is CC(C)N(CCc1cccc(OCC(F)(F)F)c1)CC(=O)N(C)C.Cl. The van der Waals surface area contributed by atoms with Crippen LogP contribution < -0.4 is 4.74 Å². The smallest absolute Gasteiger partial charge is 0.422 e. The zero-order valence-corrected chi connectivity index (χ0v) is 15.8. The first-order chi connectivity index (χ1) is 11.1. The molecule has 0 aliphatic heterocycles. The van der Waals surface area contributed by atoms with Gasteiger partial charge in [-0.2, -0.15) is 13.2 Å². The Morgan fingerprint density at radius 3 is 2.40 bits per heavy atom. The minimum absolute atomic E-state index is 0. The summed E-state index contributed by atoms with van der Waals surface area (Å²) in [7, 11) is 3.42. The van der Waals surface area contributed by atoms with Crippen molar-refractivity contribution in [3.8, 4) is 5.75 Å². The molecule has 1 aromatic rings. The van der Waals surface area contributed by atoms with Crippen LogP contribution in [0.4, 0.5) is 13.2 Å².